The molecular formula is C18H12N2O2. The van der Waals surface area contributed by atoms with E-state index in [0.29, 0.717) is 0 Å². The zero-order valence-electron chi connectivity index (χ0n) is 11.6. The zero-order valence-corrected chi connectivity index (χ0v) is 11.6. The summed E-state index contributed by atoms with van der Waals surface area (Å²) in [6, 6.07) is 21.1. The lowest BCUT2D eigenvalue weighted by Crippen LogP contribution is -1.94. The highest BCUT2D eigenvalue weighted by molar-refractivity contribution is 6.06. The van der Waals surface area contributed by atoms with Crippen molar-refractivity contribution in [1.82, 2.24) is 4.57 Å². The van der Waals surface area contributed by atoms with Gasteiger partial charge in [-0.3, -0.25) is 10.1 Å². The average molecular weight is 288 g/mol. The Hall–Kier alpha value is -3.14. The van der Waals surface area contributed by atoms with Gasteiger partial charge >= 0.3 is 0 Å². The van der Waals surface area contributed by atoms with Crippen molar-refractivity contribution in [2.75, 3.05) is 0 Å². The van der Waals surface area contributed by atoms with Gasteiger partial charge in [0.2, 0.25) is 0 Å². The molecule has 0 fully saturated rings. The fourth-order valence-electron chi connectivity index (χ4n) is 2.85. The molecular weight excluding hydrogens is 276 g/mol. The van der Waals surface area contributed by atoms with E-state index < -0.39 is 0 Å². The summed E-state index contributed by atoms with van der Waals surface area (Å²) in [7, 11) is 0. The standard InChI is InChI=1S/C18H12N2O2/c21-20(22)16-9-7-15(8-10-16)19-12-11-14-6-5-13-3-1-2-4-17(13)18(14)19/h1-12H. The maximum atomic E-state index is 10.8. The fourth-order valence-corrected chi connectivity index (χ4v) is 2.85. The Bertz CT molecular complexity index is 1000. The van der Waals surface area contributed by atoms with Crippen LogP contribution in [-0.4, -0.2) is 9.49 Å². The van der Waals surface area contributed by atoms with Crippen LogP contribution in [-0.2, 0) is 0 Å². The Kier molecular flexibility index (Phi) is 2.69. The summed E-state index contributed by atoms with van der Waals surface area (Å²) in [6.07, 6.45) is 2.00. The van der Waals surface area contributed by atoms with Crippen molar-refractivity contribution in [2.24, 2.45) is 0 Å². The summed E-state index contributed by atoms with van der Waals surface area (Å²) in [5.41, 5.74) is 2.13. The van der Waals surface area contributed by atoms with Crippen LogP contribution in [0, 0.1) is 10.1 Å². The van der Waals surface area contributed by atoms with Crippen LogP contribution in [0.5, 0.6) is 0 Å². The van der Waals surface area contributed by atoms with Gasteiger partial charge in [0.05, 0.1) is 10.4 Å². The molecule has 0 aliphatic rings. The predicted octanol–water partition coefficient (Wildman–Crippen LogP) is 4.69. The maximum absolute atomic E-state index is 10.8. The Morgan fingerprint density at radius 1 is 0.818 bits per heavy atom. The highest BCUT2D eigenvalue weighted by atomic mass is 16.6. The molecule has 4 heteroatoms. The van der Waals surface area contributed by atoms with Crippen molar-refractivity contribution in [3.63, 3.8) is 0 Å². The fraction of sp³-hybridized carbons (Fsp3) is 0. The van der Waals surface area contributed by atoms with Crippen molar-refractivity contribution >= 4 is 27.4 Å². The van der Waals surface area contributed by atoms with Crippen molar-refractivity contribution in [3.05, 3.63) is 83.0 Å². The number of benzene rings is 3. The van der Waals surface area contributed by atoms with Gasteiger partial charge in [-0.15, -0.1) is 0 Å². The number of non-ortho nitro benzene ring substituents is 1. The second-order valence-corrected chi connectivity index (χ2v) is 5.18. The normalized spacial score (nSPS) is 11.1. The van der Waals surface area contributed by atoms with E-state index in [2.05, 4.69) is 34.9 Å². The summed E-state index contributed by atoms with van der Waals surface area (Å²) < 4.78 is 2.07. The van der Waals surface area contributed by atoms with Crippen molar-refractivity contribution in [3.8, 4) is 5.69 Å². The third-order valence-electron chi connectivity index (χ3n) is 3.91. The molecule has 106 valence electrons. The van der Waals surface area contributed by atoms with E-state index in [-0.39, 0.29) is 10.6 Å². The lowest BCUT2D eigenvalue weighted by molar-refractivity contribution is -0.384. The van der Waals surface area contributed by atoms with Crippen LogP contribution in [0.3, 0.4) is 0 Å². The first kappa shape index (κ1) is 12.6. The third-order valence-corrected chi connectivity index (χ3v) is 3.91. The van der Waals surface area contributed by atoms with E-state index in [1.165, 1.54) is 22.9 Å². The first-order chi connectivity index (χ1) is 10.7. The van der Waals surface area contributed by atoms with E-state index in [4.69, 9.17) is 0 Å². The Labute approximate surface area is 126 Å². The second kappa shape index (κ2) is 4.70. The minimum atomic E-state index is -0.382. The number of fused-ring (bicyclic) bond motifs is 3. The lowest BCUT2D eigenvalue weighted by Gasteiger charge is -2.08. The van der Waals surface area contributed by atoms with Gasteiger partial charge in [-0.1, -0.05) is 36.4 Å². The number of nitro benzene ring substituents is 1. The molecule has 1 aromatic heterocycles. The molecule has 0 bridgehead atoms. The van der Waals surface area contributed by atoms with Gasteiger partial charge in [0.1, 0.15) is 0 Å². The van der Waals surface area contributed by atoms with Crippen molar-refractivity contribution in [2.45, 2.75) is 0 Å². The predicted molar refractivity (Wildman–Crippen MR) is 87.4 cm³/mol. The van der Waals surface area contributed by atoms with Gasteiger partial charge in [-0.2, -0.15) is 0 Å². The number of aromatic nitrogens is 1. The van der Waals surface area contributed by atoms with Crippen LogP contribution in [0.25, 0.3) is 27.4 Å². The molecule has 0 N–H and O–H groups in total. The van der Waals surface area contributed by atoms with Gasteiger partial charge in [0.25, 0.3) is 5.69 Å². The van der Waals surface area contributed by atoms with Crippen LogP contribution >= 0.6 is 0 Å². The molecule has 0 saturated carbocycles. The van der Waals surface area contributed by atoms with Gasteiger partial charge in [-0.05, 0) is 23.6 Å². The molecule has 4 nitrogen and oxygen atoms in total. The van der Waals surface area contributed by atoms with Crippen molar-refractivity contribution in [1.29, 1.82) is 0 Å². The first-order valence-corrected chi connectivity index (χ1v) is 6.98. The molecule has 0 spiro atoms. The Morgan fingerprint density at radius 3 is 2.32 bits per heavy atom. The summed E-state index contributed by atoms with van der Waals surface area (Å²) >= 11 is 0. The Morgan fingerprint density at radius 2 is 1.55 bits per heavy atom. The summed E-state index contributed by atoms with van der Waals surface area (Å²) in [5, 5.41) is 14.3. The van der Waals surface area contributed by atoms with Gasteiger partial charge < -0.3 is 4.57 Å². The number of rotatable bonds is 2. The summed E-state index contributed by atoms with van der Waals surface area (Å²) in [5.74, 6) is 0. The average Bonchev–Trinajstić information content (AvgIpc) is 2.99. The smallest absolute Gasteiger partial charge is 0.269 e. The number of hydrogen-bond acceptors (Lipinski definition) is 2. The summed E-state index contributed by atoms with van der Waals surface area (Å²) in [6.45, 7) is 0. The first-order valence-electron chi connectivity index (χ1n) is 6.98. The van der Waals surface area contributed by atoms with E-state index in [1.54, 1.807) is 12.1 Å². The molecule has 0 aliphatic carbocycles. The van der Waals surface area contributed by atoms with Crippen LogP contribution in [0.15, 0.2) is 72.9 Å². The topological polar surface area (TPSA) is 48.1 Å². The minimum Gasteiger partial charge on any atom is -0.316 e. The molecule has 3 aromatic carbocycles. The van der Waals surface area contributed by atoms with Gasteiger partial charge in [-0.25, -0.2) is 0 Å². The quantitative estimate of drug-likeness (QED) is 0.397. The highest BCUT2D eigenvalue weighted by Gasteiger charge is 2.09. The van der Waals surface area contributed by atoms with Crippen LogP contribution in [0.4, 0.5) is 5.69 Å². The molecule has 0 aliphatic heterocycles. The van der Waals surface area contributed by atoms with E-state index in [1.807, 2.05) is 18.3 Å². The van der Waals surface area contributed by atoms with Gasteiger partial charge in [0, 0.05) is 34.8 Å². The number of nitrogens with zero attached hydrogens (tertiary/aromatic N) is 2. The number of hydrogen-bond donors (Lipinski definition) is 0. The molecule has 0 amide bonds. The summed E-state index contributed by atoms with van der Waals surface area (Å²) in [4.78, 5) is 10.4. The molecule has 4 rings (SSSR count). The maximum Gasteiger partial charge on any atom is 0.269 e. The van der Waals surface area contributed by atoms with Crippen LogP contribution in [0.2, 0.25) is 0 Å². The second-order valence-electron chi connectivity index (χ2n) is 5.18. The molecule has 4 aromatic rings. The molecule has 0 saturated heterocycles. The largest absolute Gasteiger partial charge is 0.316 e. The molecule has 0 atom stereocenters. The van der Waals surface area contributed by atoms with Crippen LogP contribution in [0.1, 0.15) is 0 Å². The SMILES string of the molecule is O=[N+]([O-])c1ccc(-n2ccc3ccc4ccccc4c32)cc1. The molecule has 0 unspecified atom stereocenters. The minimum absolute atomic E-state index is 0.102. The Balaban J connectivity index is 1.98. The van der Waals surface area contributed by atoms with E-state index in [0.717, 1.165) is 16.6 Å². The molecule has 0 radical (unpaired) electrons. The van der Waals surface area contributed by atoms with Crippen molar-refractivity contribution < 1.29 is 4.92 Å². The van der Waals surface area contributed by atoms with E-state index in [9.17, 15) is 10.1 Å². The lowest BCUT2D eigenvalue weighted by atomic mass is 10.1. The van der Waals surface area contributed by atoms with E-state index >= 15 is 0 Å². The zero-order chi connectivity index (χ0) is 15.1. The molecule has 22 heavy (non-hydrogen) atoms. The van der Waals surface area contributed by atoms with Crippen LogP contribution < -0.4 is 0 Å². The monoisotopic (exact) mass is 288 g/mol. The van der Waals surface area contributed by atoms with Gasteiger partial charge in [0.15, 0.2) is 0 Å². The number of nitro groups is 1. The molecule has 1 heterocycles. The third kappa shape index (κ3) is 1.85. The highest BCUT2D eigenvalue weighted by Crippen LogP contribution is 2.29.